The monoisotopic (exact) mass is 499 g/mol. The summed E-state index contributed by atoms with van der Waals surface area (Å²) in [6.07, 6.45) is 1.99. The molecule has 1 heterocycles. The molecule has 2 aromatic carbocycles. The van der Waals surface area contributed by atoms with Crippen molar-refractivity contribution >= 4 is 46.4 Å². The van der Waals surface area contributed by atoms with E-state index < -0.39 is 6.10 Å². The van der Waals surface area contributed by atoms with E-state index in [0.717, 1.165) is 38.0 Å². The number of ether oxygens (including phenoxy) is 1. The molecule has 174 valence electrons. The van der Waals surface area contributed by atoms with Gasteiger partial charge < -0.3 is 25.8 Å². The highest BCUT2D eigenvalue weighted by Gasteiger charge is 2.22. The van der Waals surface area contributed by atoms with Crippen molar-refractivity contribution in [1.29, 1.82) is 0 Å². The number of benzene rings is 2. The van der Waals surface area contributed by atoms with Crippen LogP contribution in [0.15, 0.2) is 30.3 Å². The number of likely N-dealkylation sites (tertiary alicyclic amines) is 1. The summed E-state index contributed by atoms with van der Waals surface area (Å²) in [6.45, 7) is 3.22. The van der Waals surface area contributed by atoms with Gasteiger partial charge in [-0.15, -0.1) is 0 Å². The van der Waals surface area contributed by atoms with Crippen molar-refractivity contribution in [2.75, 3.05) is 39.0 Å². The van der Waals surface area contributed by atoms with Crippen molar-refractivity contribution in [2.24, 2.45) is 5.92 Å². The second-order valence-electron chi connectivity index (χ2n) is 8.05. The molecule has 3 rings (SSSR count). The largest absolute Gasteiger partial charge is 0.496 e. The Kier molecular flexibility index (Phi) is 8.91. The molecule has 9 heteroatoms. The molecule has 4 N–H and O–H groups in total. The number of anilines is 1. The average molecular weight is 501 g/mol. The van der Waals surface area contributed by atoms with Gasteiger partial charge in [0.15, 0.2) is 0 Å². The smallest absolute Gasteiger partial charge is 0.255 e. The van der Waals surface area contributed by atoms with Crippen LogP contribution < -0.4 is 15.8 Å². The zero-order valence-electron chi connectivity index (χ0n) is 17.9. The number of hydrogen-bond acceptors (Lipinski definition) is 5. The predicted octanol–water partition coefficient (Wildman–Crippen LogP) is 4.80. The van der Waals surface area contributed by atoms with Crippen molar-refractivity contribution in [3.8, 4) is 5.75 Å². The maximum atomic E-state index is 12.6. The number of carbonyl (C=O) groups excluding carboxylic acids is 1. The lowest BCUT2D eigenvalue weighted by molar-refractivity contribution is 0.0925. The lowest BCUT2D eigenvalue weighted by Gasteiger charge is -2.32. The van der Waals surface area contributed by atoms with Gasteiger partial charge in [-0.3, -0.25) is 4.79 Å². The Morgan fingerprint density at radius 3 is 2.56 bits per heavy atom. The van der Waals surface area contributed by atoms with E-state index in [1.54, 1.807) is 24.3 Å². The number of nitrogen functional groups attached to an aromatic ring is 1. The van der Waals surface area contributed by atoms with Crippen LogP contribution >= 0.6 is 34.8 Å². The molecular formula is C23H28Cl3N3O3. The van der Waals surface area contributed by atoms with Crippen LogP contribution in [0.25, 0.3) is 0 Å². The molecule has 0 spiro atoms. The van der Waals surface area contributed by atoms with Gasteiger partial charge in [-0.25, -0.2) is 0 Å². The molecule has 0 bridgehead atoms. The van der Waals surface area contributed by atoms with Crippen LogP contribution in [-0.2, 0) is 0 Å². The summed E-state index contributed by atoms with van der Waals surface area (Å²) in [5.74, 6) is 0.570. The fourth-order valence-corrected chi connectivity index (χ4v) is 4.32. The Balaban J connectivity index is 1.43. The molecule has 0 aliphatic carbocycles. The molecule has 1 saturated heterocycles. The number of hydrogen-bond donors (Lipinski definition) is 3. The summed E-state index contributed by atoms with van der Waals surface area (Å²) in [4.78, 5) is 14.9. The van der Waals surface area contributed by atoms with Gasteiger partial charge in [0, 0.05) is 19.2 Å². The van der Waals surface area contributed by atoms with Gasteiger partial charge >= 0.3 is 0 Å². The molecule has 2 aromatic rings. The third-order valence-corrected chi connectivity index (χ3v) is 6.94. The van der Waals surface area contributed by atoms with E-state index in [0.29, 0.717) is 51.0 Å². The molecular weight excluding hydrogens is 473 g/mol. The minimum Gasteiger partial charge on any atom is -0.496 e. The Hall–Kier alpha value is -1.70. The van der Waals surface area contributed by atoms with Crippen LogP contribution in [0.3, 0.4) is 0 Å². The van der Waals surface area contributed by atoms with E-state index in [2.05, 4.69) is 10.2 Å². The normalized spacial score (nSPS) is 16.0. The molecule has 0 aromatic heterocycles. The molecule has 0 radical (unpaired) electrons. The van der Waals surface area contributed by atoms with E-state index in [9.17, 15) is 9.90 Å². The van der Waals surface area contributed by atoms with Crippen LogP contribution in [0.1, 0.15) is 41.3 Å². The lowest BCUT2D eigenvalue weighted by Crippen LogP contribution is -2.39. The first kappa shape index (κ1) is 24.9. The Morgan fingerprint density at radius 1 is 1.19 bits per heavy atom. The van der Waals surface area contributed by atoms with Crippen LogP contribution in [0.5, 0.6) is 5.75 Å². The zero-order chi connectivity index (χ0) is 23.3. The van der Waals surface area contributed by atoms with Gasteiger partial charge in [-0.2, -0.15) is 0 Å². The standard InChI is InChI=1S/C23H28Cl3N3O3/c1-32-22-12-20(27)19(26)11-16(22)23(31)28-13-14-4-7-29(8-5-14)9-6-21(30)15-2-3-17(24)18(25)10-15/h2-3,10-12,14,21,30H,4-9,13,27H2,1H3,(H,28,31). The first-order chi connectivity index (χ1) is 15.3. The number of nitrogens with two attached hydrogens (primary N) is 1. The number of aliphatic hydroxyl groups is 1. The van der Waals surface area contributed by atoms with Gasteiger partial charge in [0.1, 0.15) is 5.75 Å². The molecule has 1 atom stereocenters. The SMILES string of the molecule is COc1cc(N)c(Cl)cc1C(=O)NCC1CCN(CCC(O)c2ccc(Cl)c(Cl)c2)CC1. The van der Waals surface area contributed by atoms with Crippen molar-refractivity contribution in [3.05, 3.63) is 56.5 Å². The minimum absolute atomic E-state index is 0.226. The summed E-state index contributed by atoms with van der Waals surface area (Å²) in [5.41, 5.74) is 7.30. The predicted molar refractivity (Wildman–Crippen MR) is 130 cm³/mol. The van der Waals surface area contributed by atoms with Crippen LogP contribution in [0, 0.1) is 5.92 Å². The zero-order valence-corrected chi connectivity index (χ0v) is 20.2. The summed E-state index contributed by atoms with van der Waals surface area (Å²) >= 11 is 18.0. The first-order valence-electron chi connectivity index (χ1n) is 10.5. The highest BCUT2D eigenvalue weighted by atomic mass is 35.5. The number of amides is 1. The summed E-state index contributed by atoms with van der Waals surface area (Å²) < 4.78 is 5.26. The maximum absolute atomic E-state index is 12.6. The average Bonchev–Trinajstić information content (AvgIpc) is 2.79. The summed E-state index contributed by atoms with van der Waals surface area (Å²) in [7, 11) is 1.49. The molecule has 0 saturated carbocycles. The topological polar surface area (TPSA) is 87.8 Å². The van der Waals surface area contributed by atoms with Crippen molar-refractivity contribution < 1.29 is 14.6 Å². The molecule has 1 fully saturated rings. The van der Waals surface area contributed by atoms with Gasteiger partial charge in [0.05, 0.1) is 39.5 Å². The van der Waals surface area contributed by atoms with E-state index in [4.69, 9.17) is 45.3 Å². The number of aliphatic hydroxyl groups excluding tert-OH is 1. The first-order valence-corrected chi connectivity index (χ1v) is 11.7. The molecule has 1 aliphatic heterocycles. The number of nitrogens with one attached hydrogen (secondary N) is 1. The van der Waals surface area contributed by atoms with E-state index in [1.165, 1.54) is 13.2 Å². The van der Waals surface area contributed by atoms with Crippen LogP contribution in [0.4, 0.5) is 5.69 Å². The number of piperidine rings is 1. The van der Waals surface area contributed by atoms with Gasteiger partial charge in [-0.1, -0.05) is 40.9 Å². The number of carbonyl (C=O) groups is 1. The number of rotatable bonds is 8. The third-order valence-electron chi connectivity index (χ3n) is 5.87. The van der Waals surface area contributed by atoms with E-state index in [1.807, 2.05) is 0 Å². The molecule has 1 unspecified atom stereocenters. The van der Waals surface area contributed by atoms with Crippen LogP contribution in [0.2, 0.25) is 15.1 Å². The summed E-state index contributed by atoms with van der Waals surface area (Å²) in [5, 5.41) is 14.7. The van der Waals surface area contributed by atoms with Crippen molar-refractivity contribution in [2.45, 2.75) is 25.4 Å². The fourth-order valence-electron chi connectivity index (χ4n) is 3.85. The van der Waals surface area contributed by atoms with Gasteiger partial charge in [-0.05, 0) is 62.0 Å². The second-order valence-corrected chi connectivity index (χ2v) is 9.27. The van der Waals surface area contributed by atoms with E-state index in [-0.39, 0.29) is 5.91 Å². The lowest BCUT2D eigenvalue weighted by atomic mass is 9.96. The minimum atomic E-state index is -0.580. The Bertz CT molecular complexity index is 950. The quantitative estimate of drug-likeness (QED) is 0.453. The fraction of sp³-hybridized carbons (Fsp3) is 0.435. The highest BCUT2D eigenvalue weighted by molar-refractivity contribution is 6.42. The summed E-state index contributed by atoms with van der Waals surface area (Å²) in [6, 6.07) is 8.31. The number of halogens is 3. The Labute approximate surface area is 203 Å². The van der Waals surface area contributed by atoms with Gasteiger partial charge in [0.25, 0.3) is 5.91 Å². The highest BCUT2D eigenvalue weighted by Crippen LogP contribution is 2.29. The second kappa shape index (κ2) is 11.4. The third kappa shape index (κ3) is 6.42. The molecule has 1 amide bonds. The number of nitrogens with zero attached hydrogens (tertiary/aromatic N) is 1. The number of methoxy groups -OCH3 is 1. The molecule has 6 nitrogen and oxygen atoms in total. The molecule has 1 aliphatic rings. The van der Waals surface area contributed by atoms with Crippen molar-refractivity contribution in [1.82, 2.24) is 10.2 Å². The Morgan fingerprint density at radius 2 is 1.91 bits per heavy atom. The van der Waals surface area contributed by atoms with Crippen LogP contribution in [-0.4, -0.2) is 49.2 Å². The van der Waals surface area contributed by atoms with E-state index >= 15 is 0 Å². The molecule has 32 heavy (non-hydrogen) atoms. The maximum Gasteiger partial charge on any atom is 0.255 e. The van der Waals surface area contributed by atoms with Gasteiger partial charge in [0.2, 0.25) is 0 Å². The van der Waals surface area contributed by atoms with Crippen molar-refractivity contribution in [3.63, 3.8) is 0 Å².